The summed E-state index contributed by atoms with van der Waals surface area (Å²) in [5.74, 6) is -2.46. The Balaban J connectivity index is 2.74. The van der Waals surface area contributed by atoms with Gasteiger partial charge in [0.1, 0.15) is 0 Å². The van der Waals surface area contributed by atoms with E-state index in [2.05, 4.69) is 10.6 Å². The number of nitrogens with one attached hydrogen (secondary N) is 2. The van der Waals surface area contributed by atoms with Crippen molar-refractivity contribution in [2.75, 3.05) is 39.3 Å². The van der Waals surface area contributed by atoms with Gasteiger partial charge in [-0.15, -0.1) is 0 Å². The maximum absolute atomic E-state index is 12.3. The van der Waals surface area contributed by atoms with E-state index in [9.17, 15) is 29.4 Å². The molecule has 0 saturated heterocycles. The molecule has 0 aromatic carbocycles. The molecular weight excluding hydrogens is 380 g/mol. The van der Waals surface area contributed by atoms with Crippen molar-refractivity contribution in [3.8, 4) is 0 Å². The van der Waals surface area contributed by atoms with Gasteiger partial charge in [0.2, 0.25) is 11.8 Å². The lowest BCUT2D eigenvalue weighted by molar-refractivity contribution is -0.144. The fourth-order valence-corrected chi connectivity index (χ4v) is 3.89. The zero-order valence-electron chi connectivity index (χ0n) is 17.4. The van der Waals surface area contributed by atoms with Crippen molar-refractivity contribution in [1.82, 2.24) is 20.4 Å². The lowest BCUT2D eigenvalue weighted by Gasteiger charge is -2.43. The van der Waals surface area contributed by atoms with E-state index in [-0.39, 0.29) is 56.5 Å². The van der Waals surface area contributed by atoms with Crippen molar-refractivity contribution in [2.24, 2.45) is 0 Å². The Morgan fingerprint density at radius 1 is 0.828 bits per heavy atom. The highest BCUT2D eigenvalue weighted by molar-refractivity contribution is 5.80. The third-order valence-corrected chi connectivity index (χ3v) is 5.11. The minimum absolute atomic E-state index is 0.0957. The van der Waals surface area contributed by atoms with Crippen LogP contribution in [-0.2, 0) is 19.2 Å². The van der Waals surface area contributed by atoms with Crippen LogP contribution in [0.25, 0.3) is 0 Å². The van der Waals surface area contributed by atoms with E-state index in [4.69, 9.17) is 0 Å². The predicted molar refractivity (Wildman–Crippen MR) is 106 cm³/mol. The Bertz CT molecular complexity index is 555. The van der Waals surface area contributed by atoms with Crippen LogP contribution in [0.4, 0.5) is 0 Å². The van der Waals surface area contributed by atoms with Gasteiger partial charge >= 0.3 is 11.9 Å². The Morgan fingerprint density at radius 2 is 1.38 bits per heavy atom. The van der Waals surface area contributed by atoms with Crippen LogP contribution in [0.3, 0.4) is 0 Å². The van der Waals surface area contributed by atoms with Crippen LogP contribution in [0, 0.1) is 0 Å². The fourth-order valence-electron chi connectivity index (χ4n) is 3.89. The molecule has 1 aliphatic carbocycles. The molecule has 166 valence electrons. The summed E-state index contributed by atoms with van der Waals surface area (Å²) >= 11 is 0. The number of carboxylic acids is 2. The van der Waals surface area contributed by atoms with E-state index in [1.165, 1.54) is 4.90 Å². The molecule has 1 aliphatic rings. The third kappa shape index (κ3) is 9.23. The molecule has 1 rings (SSSR count). The molecule has 0 aromatic rings. The average Bonchev–Trinajstić information content (AvgIpc) is 2.65. The number of hydrogen-bond donors (Lipinski definition) is 4. The van der Waals surface area contributed by atoms with Crippen LogP contribution >= 0.6 is 0 Å². The summed E-state index contributed by atoms with van der Waals surface area (Å²) in [5.41, 5.74) is 0. The Kier molecular flexibility index (Phi) is 11.2. The van der Waals surface area contributed by atoms with E-state index < -0.39 is 11.9 Å². The van der Waals surface area contributed by atoms with Crippen molar-refractivity contribution in [3.63, 3.8) is 0 Å². The quantitative estimate of drug-likeness (QED) is 0.323. The number of likely N-dealkylation sites (N-methyl/N-ethyl adjacent to an activating group) is 1. The molecule has 10 heteroatoms. The van der Waals surface area contributed by atoms with Gasteiger partial charge in [-0.25, -0.2) is 0 Å². The molecule has 0 spiro atoms. The Morgan fingerprint density at radius 3 is 1.86 bits per heavy atom. The van der Waals surface area contributed by atoms with Gasteiger partial charge in [0, 0.05) is 31.6 Å². The van der Waals surface area contributed by atoms with Crippen LogP contribution < -0.4 is 10.6 Å². The molecule has 0 bridgehead atoms. The van der Waals surface area contributed by atoms with Crippen molar-refractivity contribution in [1.29, 1.82) is 0 Å². The van der Waals surface area contributed by atoms with Gasteiger partial charge < -0.3 is 20.8 Å². The van der Waals surface area contributed by atoms with Crippen LogP contribution in [-0.4, -0.2) is 95.1 Å². The summed E-state index contributed by atoms with van der Waals surface area (Å²) in [7, 11) is 0. The monoisotopic (exact) mass is 414 g/mol. The van der Waals surface area contributed by atoms with Gasteiger partial charge in [-0.1, -0.05) is 19.8 Å². The largest absolute Gasteiger partial charge is 0.480 e. The van der Waals surface area contributed by atoms with Crippen LogP contribution in [0.15, 0.2) is 0 Å². The van der Waals surface area contributed by atoms with Crippen LogP contribution in [0.5, 0.6) is 0 Å². The van der Waals surface area contributed by atoms with Gasteiger partial charge in [0.15, 0.2) is 0 Å². The smallest absolute Gasteiger partial charge is 0.317 e. The maximum Gasteiger partial charge on any atom is 0.317 e. The number of carbonyl (C=O) groups is 4. The average molecular weight is 415 g/mol. The summed E-state index contributed by atoms with van der Waals surface area (Å²) in [4.78, 5) is 49.7. The van der Waals surface area contributed by atoms with Gasteiger partial charge in [0.25, 0.3) is 0 Å². The third-order valence-electron chi connectivity index (χ3n) is 5.11. The van der Waals surface area contributed by atoms with Crippen LogP contribution in [0.1, 0.15) is 46.0 Å². The number of rotatable bonds is 13. The highest BCUT2D eigenvalue weighted by Crippen LogP contribution is 2.27. The zero-order chi connectivity index (χ0) is 21.8. The highest BCUT2D eigenvalue weighted by atomic mass is 16.4. The van der Waals surface area contributed by atoms with E-state index >= 15 is 0 Å². The van der Waals surface area contributed by atoms with Gasteiger partial charge in [0.05, 0.1) is 19.6 Å². The molecule has 2 unspecified atom stereocenters. The molecule has 1 fully saturated rings. The first-order valence-electron chi connectivity index (χ1n) is 10.2. The van der Waals surface area contributed by atoms with E-state index in [1.54, 1.807) is 0 Å². The molecular formula is C19H34N4O6. The molecule has 2 amide bonds. The van der Waals surface area contributed by atoms with Gasteiger partial charge in [-0.3, -0.25) is 29.0 Å². The number of hydrogen-bond acceptors (Lipinski definition) is 6. The van der Waals surface area contributed by atoms with Crippen molar-refractivity contribution >= 4 is 23.8 Å². The number of carbonyl (C=O) groups excluding carboxylic acids is 2. The van der Waals surface area contributed by atoms with Crippen molar-refractivity contribution < 1.29 is 29.4 Å². The predicted octanol–water partition coefficient (Wildman–Crippen LogP) is -0.267. The molecule has 0 radical (unpaired) electrons. The van der Waals surface area contributed by atoms with E-state index in [1.807, 2.05) is 18.7 Å². The number of aliphatic carboxylic acids is 2. The molecule has 10 nitrogen and oxygen atoms in total. The first-order chi connectivity index (χ1) is 13.8. The van der Waals surface area contributed by atoms with E-state index in [0.29, 0.717) is 19.5 Å². The second-order valence-corrected chi connectivity index (χ2v) is 7.23. The van der Waals surface area contributed by atoms with Gasteiger partial charge in [-0.2, -0.15) is 0 Å². The summed E-state index contributed by atoms with van der Waals surface area (Å²) in [6, 6.07) is -0.333. The molecule has 0 heterocycles. The molecule has 4 N–H and O–H groups in total. The minimum Gasteiger partial charge on any atom is -0.480 e. The molecule has 2 atom stereocenters. The number of nitrogens with zero attached hydrogens (tertiary/aromatic N) is 2. The Labute approximate surface area is 171 Å². The van der Waals surface area contributed by atoms with Crippen LogP contribution in [0.2, 0.25) is 0 Å². The maximum atomic E-state index is 12.3. The lowest BCUT2D eigenvalue weighted by Crippen LogP contribution is -2.57. The van der Waals surface area contributed by atoms with Crippen molar-refractivity contribution in [2.45, 2.75) is 58.0 Å². The summed E-state index contributed by atoms with van der Waals surface area (Å²) in [5, 5.41) is 23.8. The lowest BCUT2D eigenvalue weighted by atomic mass is 9.87. The molecule has 29 heavy (non-hydrogen) atoms. The number of amides is 2. The molecule has 1 saturated carbocycles. The summed E-state index contributed by atoms with van der Waals surface area (Å²) in [6.07, 6.45) is 3.53. The molecule has 0 aromatic heterocycles. The second-order valence-electron chi connectivity index (χ2n) is 7.23. The first-order valence-corrected chi connectivity index (χ1v) is 10.2. The summed E-state index contributed by atoms with van der Waals surface area (Å²) < 4.78 is 0. The summed E-state index contributed by atoms with van der Waals surface area (Å²) in [6.45, 7) is 4.57. The molecule has 0 aliphatic heterocycles. The topological polar surface area (TPSA) is 139 Å². The zero-order valence-corrected chi connectivity index (χ0v) is 17.4. The first kappa shape index (κ1) is 24.8. The number of carboxylic acid groups (broad SMARTS) is 2. The van der Waals surface area contributed by atoms with Crippen molar-refractivity contribution in [3.05, 3.63) is 0 Å². The SMILES string of the molecule is CCNC(=O)CCNC(=O)CN(CC)C1CCCCC1N(CC(=O)O)CC(=O)O. The van der Waals surface area contributed by atoms with Gasteiger partial charge in [-0.05, 0) is 26.3 Å². The highest BCUT2D eigenvalue weighted by Gasteiger charge is 2.35. The van der Waals surface area contributed by atoms with E-state index in [0.717, 1.165) is 19.3 Å². The minimum atomic E-state index is -1.07. The second kappa shape index (κ2) is 13.1. The Hall–Kier alpha value is -2.20. The standard InChI is InChI=1S/C19H34N4O6/c1-3-20-16(24)9-10-21-17(25)11-22(4-2)14-7-5-6-8-15(14)23(12-18(26)27)13-19(28)29/h14-15H,3-13H2,1-2H3,(H,20,24)(H,21,25)(H,26,27)(H,28,29). The normalized spacial score (nSPS) is 19.2. The fraction of sp³-hybridized carbons (Fsp3) is 0.789.